The molecule has 1 fully saturated rings. The van der Waals surface area contributed by atoms with Crippen molar-refractivity contribution in [3.63, 3.8) is 0 Å². The first kappa shape index (κ1) is 25.2. The van der Waals surface area contributed by atoms with Gasteiger partial charge in [0, 0.05) is 19.5 Å². The number of nitrogens with zero attached hydrogens (tertiary/aromatic N) is 1. The van der Waals surface area contributed by atoms with Crippen molar-refractivity contribution in [2.45, 2.75) is 122 Å². The van der Waals surface area contributed by atoms with E-state index in [2.05, 4.69) is 24.4 Å². The molecule has 1 aliphatic rings. The van der Waals surface area contributed by atoms with Gasteiger partial charge in [-0.05, 0) is 32.1 Å². The average Bonchev–Trinajstić information content (AvgIpc) is 3.24. The van der Waals surface area contributed by atoms with E-state index < -0.39 is 0 Å². The van der Waals surface area contributed by atoms with Gasteiger partial charge in [-0.1, -0.05) is 96.1 Å². The van der Waals surface area contributed by atoms with Gasteiger partial charge in [0.1, 0.15) is 0 Å². The normalized spacial score (nSPS) is 14.4. The number of hydrogen-bond donors (Lipinski definition) is 1. The lowest BCUT2D eigenvalue weighted by atomic mass is 10.1. The number of rotatable bonds is 19. The van der Waals surface area contributed by atoms with Crippen LogP contribution in [0.5, 0.6) is 0 Å². The Labute approximate surface area is 175 Å². The van der Waals surface area contributed by atoms with E-state index in [9.17, 15) is 4.79 Å². The van der Waals surface area contributed by atoms with Crippen molar-refractivity contribution in [1.29, 1.82) is 0 Å². The van der Waals surface area contributed by atoms with Crippen molar-refractivity contribution in [1.82, 2.24) is 10.2 Å². The van der Waals surface area contributed by atoms with Crippen LogP contribution in [0, 0.1) is 0 Å². The summed E-state index contributed by atoms with van der Waals surface area (Å²) in [6.07, 6.45) is 28.4. The zero-order valence-electron chi connectivity index (χ0n) is 18.9. The summed E-state index contributed by atoms with van der Waals surface area (Å²) in [6.45, 7) is 4.89. The summed E-state index contributed by atoms with van der Waals surface area (Å²) < 4.78 is 0. The van der Waals surface area contributed by atoms with E-state index in [0.29, 0.717) is 5.91 Å². The Balaban J connectivity index is 1.71. The van der Waals surface area contributed by atoms with Crippen LogP contribution in [0.1, 0.15) is 122 Å². The number of nitrogens with one attached hydrogen (secondary N) is 1. The third kappa shape index (κ3) is 15.1. The highest BCUT2D eigenvalue weighted by molar-refractivity contribution is 5.76. The maximum atomic E-state index is 11.9. The Morgan fingerprint density at radius 3 is 1.75 bits per heavy atom. The number of unbranched alkanes of at least 4 members (excludes halogenated alkanes) is 15. The largest absolute Gasteiger partial charge is 0.329 e. The van der Waals surface area contributed by atoms with Crippen molar-refractivity contribution in [3.8, 4) is 0 Å². The predicted octanol–water partition coefficient (Wildman–Crippen LogP) is 6.97. The molecule has 0 radical (unpaired) electrons. The standard InChI is InChI=1S/C25H48N2O/c1-2-3-4-5-6-7-8-9-10-11-12-13-14-15-16-17-18-19-20-21-25(28)27-23-22-26-24-27/h9-10,26H,2-8,11-24H2,1H3/b10-9-. The Morgan fingerprint density at radius 1 is 0.750 bits per heavy atom. The maximum Gasteiger partial charge on any atom is 0.223 e. The van der Waals surface area contributed by atoms with Crippen LogP contribution in [-0.2, 0) is 4.79 Å². The second kappa shape index (κ2) is 19.5. The zero-order chi connectivity index (χ0) is 20.1. The van der Waals surface area contributed by atoms with Gasteiger partial charge in [0.2, 0.25) is 5.91 Å². The Kier molecular flexibility index (Phi) is 17.5. The minimum atomic E-state index is 0.339. The van der Waals surface area contributed by atoms with Crippen molar-refractivity contribution >= 4 is 5.91 Å². The van der Waals surface area contributed by atoms with Crippen molar-refractivity contribution in [2.24, 2.45) is 0 Å². The second-order valence-corrected chi connectivity index (χ2v) is 8.56. The summed E-state index contributed by atoms with van der Waals surface area (Å²) in [6, 6.07) is 0. The van der Waals surface area contributed by atoms with Crippen LogP contribution in [0.25, 0.3) is 0 Å². The Hall–Kier alpha value is -0.830. The molecule has 0 aromatic rings. The Morgan fingerprint density at radius 2 is 1.25 bits per heavy atom. The van der Waals surface area contributed by atoms with Gasteiger partial charge in [-0.25, -0.2) is 0 Å². The first-order valence-corrected chi connectivity index (χ1v) is 12.5. The molecule has 0 aromatic heterocycles. The van der Waals surface area contributed by atoms with Gasteiger partial charge in [-0.3, -0.25) is 10.1 Å². The van der Waals surface area contributed by atoms with Crippen LogP contribution in [-0.4, -0.2) is 30.6 Å². The maximum absolute atomic E-state index is 11.9. The third-order valence-electron chi connectivity index (χ3n) is 5.87. The molecule has 28 heavy (non-hydrogen) atoms. The first-order chi connectivity index (χ1) is 13.8. The summed E-state index contributed by atoms with van der Waals surface area (Å²) in [5.41, 5.74) is 0. The Bertz CT molecular complexity index is 375. The quantitative estimate of drug-likeness (QED) is 0.190. The molecule has 1 rings (SSSR count). The highest BCUT2D eigenvalue weighted by Gasteiger charge is 2.16. The molecular weight excluding hydrogens is 344 g/mol. The van der Waals surface area contributed by atoms with E-state index in [1.165, 1.54) is 103 Å². The van der Waals surface area contributed by atoms with E-state index in [-0.39, 0.29) is 0 Å². The van der Waals surface area contributed by atoms with Crippen LogP contribution in [0.4, 0.5) is 0 Å². The van der Waals surface area contributed by atoms with Crippen LogP contribution < -0.4 is 5.32 Å². The van der Waals surface area contributed by atoms with Crippen LogP contribution in [0.3, 0.4) is 0 Å². The highest BCUT2D eigenvalue weighted by Crippen LogP contribution is 2.13. The minimum absolute atomic E-state index is 0.339. The SMILES string of the molecule is CCCCCCCC/C=C\CCCCCCCCCCCC(=O)N1CCNC1. The fourth-order valence-electron chi connectivity index (χ4n) is 3.93. The molecule has 0 unspecified atom stereocenters. The second-order valence-electron chi connectivity index (χ2n) is 8.56. The first-order valence-electron chi connectivity index (χ1n) is 12.5. The molecule has 0 aromatic carbocycles. The fourth-order valence-corrected chi connectivity index (χ4v) is 3.93. The van der Waals surface area contributed by atoms with E-state index in [1.54, 1.807) is 0 Å². The molecule has 3 heteroatoms. The molecule has 1 heterocycles. The number of carbonyl (C=O) groups excluding carboxylic acids is 1. The molecule has 3 nitrogen and oxygen atoms in total. The lowest BCUT2D eigenvalue weighted by Gasteiger charge is -2.13. The highest BCUT2D eigenvalue weighted by atomic mass is 16.2. The number of carbonyl (C=O) groups is 1. The predicted molar refractivity (Wildman–Crippen MR) is 123 cm³/mol. The molecule has 1 amide bonds. The van der Waals surface area contributed by atoms with E-state index in [0.717, 1.165) is 32.6 Å². The molecular formula is C25H48N2O. The molecule has 0 bridgehead atoms. The smallest absolute Gasteiger partial charge is 0.223 e. The van der Waals surface area contributed by atoms with Gasteiger partial charge in [0.25, 0.3) is 0 Å². The number of hydrogen-bond acceptors (Lipinski definition) is 2. The molecule has 0 saturated carbocycles. The molecule has 1 saturated heterocycles. The summed E-state index contributed by atoms with van der Waals surface area (Å²) in [4.78, 5) is 13.9. The number of allylic oxidation sites excluding steroid dienone is 2. The molecule has 0 atom stereocenters. The van der Waals surface area contributed by atoms with E-state index in [1.807, 2.05) is 4.90 Å². The molecule has 1 N–H and O–H groups in total. The average molecular weight is 393 g/mol. The summed E-state index contributed by atoms with van der Waals surface area (Å²) in [7, 11) is 0. The van der Waals surface area contributed by atoms with Gasteiger partial charge >= 0.3 is 0 Å². The zero-order valence-corrected chi connectivity index (χ0v) is 18.9. The molecule has 0 aliphatic carbocycles. The van der Waals surface area contributed by atoms with E-state index >= 15 is 0 Å². The lowest BCUT2D eigenvalue weighted by Crippen LogP contribution is -2.29. The van der Waals surface area contributed by atoms with Gasteiger partial charge in [0.15, 0.2) is 0 Å². The lowest BCUT2D eigenvalue weighted by molar-refractivity contribution is -0.130. The van der Waals surface area contributed by atoms with Crippen LogP contribution in [0.2, 0.25) is 0 Å². The number of amides is 1. The monoisotopic (exact) mass is 392 g/mol. The van der Waals surface area contributed by atoms with Gasteiger partial charge in [0.05, 0.1) is 6.67 Å². The summed E-state index contributed by atoms with van der Waals surface area (Å²) >= 11 is 0. The van der Waals surface area contributed by atoms with Crippen molar-refractivity contribution in [2.75, 3.05) is 19.8 Å². The van der Waals surface area contributed by atoms with Crippen molar-refractivity contribution in [3.05, 3.63) is 12.2 Å². The molecule has 1 aliphatic heterocycles. The fraction of sp³-hybridized carbons (Fsp3) is 0.880. The molecule has 0 spiro atoms. The van der Waals surface area contributed by atoms with Crippen LogP contribution in [0.15, 0.2) is 12.2 Å². The van der Waals surface area contributed by atoms with Gasteiger partial charge in [-0.2, -0.15) is 0 Å². The minimum Gasteiger partial charge on any atom is -0.329 e. The third-order valence-corrected chi connectivity index (χ3v) is 5.87. The molecule has 164 valence electrons. The van der Waals surface area contributed by atoms with E-state index in [4.69, 9.17) is 0 Å². The van der Waals surface area contributed by atoms with Crippen LogP contribution >= 0.6 is 0 Å². The van der Waals surface area contributed by atoms with Gasteiger partial charge < -0.3 is 4.90 Å². The topological polar surface area (TPSA) is 32.3 Å². The van der Waals surface area contributed by atoms with Gasteiger partial charge in [-0.15, -0.1) is 0 Å². The summed E-state index contributed by atoms with van der Waals surface area (Å²) in [5, 5.41) is 3.22. The summed E-state index contributed by atoms with van der Waals surface area (Å²) in [5.74, 6) is 0.339. The van der Waals surface area contributed by atoms with Crippen molar-refractivity contribution < 1.29 is 4.79 Å².